The fraction of sp³-hybridized carbons (Fsp3) is 0.364. The van der Waals surface area contributed by atoms with E-state index in [-0.39, 0.29) is 11.3 Å². The maximum atomic E-state index is 13.6. The van der Waals surface area contributed by atoms with E-state index >= 15 is 0 Å². The van der Waals surface area contributed by atoms with E-state index in [0.29, 0.717) is 18.4 Å². The average molecular weight is 246 g/mol. The van der Waals surface area contributed by atoms with E-state index in [4.69, 9.17) is 5.11 Å². The summed E-state index contributed by atoms with van der Waals surface area (Å²) in [5, 5.41) is 8.45. The van der Waals surface area contributed by atoms with Gasteiger partial charge in [0.2, 0.25) is 0 Å². The zero-order chi connectivity index (χ0) is 12.1. The predicted octanol–water partition coefficient (Wildman–Crippen LogP) is 3.09. The Bertz CT molecular complexity index is 394. The SMILES string of the molecule is CSc1c(F)ccc(CCCC(=O)O)c1F. The van der Waals surface area contributed by atoms with Crippen LogP contribution in [0, 0.1) is 11.6 Å². The van der Waals surface area contributed by atoms with Gasteiger partial charge in [-0.1, -0.05) is 6.07 Å². The molecule has 0 bridgehead atoms. The van der Waals surface area contributed by atoms with Gasteiger partial charge in [0.05, 0.1) is 4.90 Å². The molecule has 16 heavy (non-hydrogen) atoms. The van der Waals surface area contributed by atoms with Crippen LogP contribution in [0.5, 0.6) is 0 Å². The number of halogens is 2. The number of carboxylic acid groups (broad SMARTS) is 1. The molecule has 2 nitrogen and oxygen atoms in total. The van der Waals surface area contributed by atoms with E-state index in [9.17, 15) is 13.6 Å². The molecule has 1 N–H and O–H groups in total. The number of thioether (sulfide) groups is 1. The Morgan fingerprint density at radius 3 is 2.69 bits per heavy atom. The fourth-order valence-corrected chi connectivity index (χ4v) is 1.96. The van der Waals surface area contributed by atoms with Crippen LogP contribution in [-0.2, 0) is 11.2 Å². The lowest BCUT2D eigenvalue weighted by Crippen LogP contribution is -1.99. The van der Waals surface area contributed by atoms with E-state index in [0.717, 1.165) is 11.8 Å². The molecule has 0 unspecified atom stereocenters. The molecular weight excluding hydrogens is 234 g/mol. The lowest BCUT2D eigenvalue weighted by atomic mass is 10.1. The summed E-state index contributed by atoms with van der Waals surface area (Å²) in [5.74, 6) is -2.06. The van der Waals surface area contributed by atoms with Crippen molar-refractivity contribution in [3.05, 3.63) is 29.3 Å². The number of rotatable bonds is 5. The number of carboxylic acids is 1. The first kappa shape index (κ1) is 13.0. The van der Waals surface area contributed by atoms with Crippen molar-refractivity contribution < 1.29 is 18.7 Å². The first-order valence-corrected chi connectivity index (χ1v) is 6.01. The minimum absolute atomic E-state index is 0.00664. The second-order valence-electron chi connectivity index (χ2n) is 3.30. The van der Waals surface area contributed by atoms with Crippen LogP contribution in [0.3, 0.4) is 0 Å². The quantitative estimate of drug-likeness (QED) is 0.811. The molecule has 5 heteroatoms. The fourth-order valence-electron chi connectivity index (χ4n) is 1.38. The van der Waals surface area contributed by atoms with E-state index in [2.05, 4.69) is 0 Å². The van der Waals surface area contributed by atoms with Crippen LogP contribution in [-0.4, -0.2) is 17.3 Å². The summed E-state index contributed by atoms with van der Waals surface area (Å²) in [5.41, 5.74) is 0.368. The van der Waals surface area contributed by atoms with Crippen LogP contribution in [0.15, 0.2) is 17.0 Å². The minimum atomic E-state index is -0.910. The number of aliphatic carboxylic acids is 1. The van der Waals surface area contributed by atoms with Crippen molar-refractivity contribution in [2.24, 2.45) is 0 Å². The maximum Gasteiger partial charge on any atom is 0.303 e. The Hall–Kier alpha value is -1.10. The highest BCUT2D eigenvalue weighted by Crippen LogP contribution is 2.26. The summed E-state index contributed by atoms with van der Waals surface area (Å²) in [7, 11) is 0. The summed E-state index contributed by atoms with van der Waals surface area (Å²) in [6.07, 6.45) is 2.26. The molecule has 0 saturated carbocycles. The topological polar surface area (TPSA) is 37.3 Å². The Morgan fingerprint density at radius 2 is 2.12 bits per heavy atom. The van der Waals surface area contributed by atoms with Crippen LogP contribution in [0.2, 0.25) is 0 Å². The Labute approximate surface area is 96.7 Å². The number of hydrogen-bond donors (Lipinski definition) is 1. The molecule has 0 aromatic heterocycles. The Kier molecular flexibility index (Phi) is 4.73. The van der Waals surface area contributed by atoms with Gasteiger partial charge in [-0.15, -0.1) is 11.8 Å². The van der Waals surface area contributed by atoms with E-state index < -0.39 is 17.6 Å². The van der Waals surface area contributed by atoms with Crippen molar-refractivity contribution in [3.8, 4) is 0 Å². The summed E-state index contributed by atoms with van der Waals surface area (Å²) in [4.78, 5) is 10.3. The lowest BCUT2D eigenvalue weighted by molar-refractivity contribution is -0.137. The molecule has 0 saturated heterocycles. The van der Waals surface area contributed by atoms with Crippen molar-refractivity contribution in [2.75, 3.05) is 6.26 Å². The lowest BCUT2D eigenvalue weighted by Gasteiger charge is -2.06. The van der Waals surface area contributed by atoms with Crippen molar-refractivity contribution in [1.29, 1.82) is 0 Å². The molecule has 1 aromatic rings. The molecule has 1 rings (SSSR count). The molecule has 88 valence electrons. The third-order valence-corrected chi connectivity index (χ3v) is 2.95. The van der Waals surface area contributed by atoms with Gasteiger partial charge in [0.1, 0.15) is 11.6 Å². The van der Waals surface area contributed by atoms with Crippen molar-refractivity contribution in [1.82, 2.24) is 0 Å². The smallest absolute Gasteiger partial charge is 0.303 e. The molecule has 0 spiro atoms. The first-order valence-electron chi connectivity index (χ1n) is 4.79. The van der Waals surface area contributed by atoms with E-state index in [1.54, 1.807) is 6.26 Å². The molecular formula is C11H12F2O2S. The van der Waals surface area contributed by atoms with E-state index in [1.165, 1.54) is 12.1 Å². The standard InChI is InChI=1S/C11H12F2O2S/c1-16-11-8(12)6-5-7(10(11)13)3-2-4-9(14)15/h5-6H,2-4H2,1H3,(H,14,15). The van der Waals surface area contributed by atoms with Crippen molar-refractivity contribution in [2.45, 2.75) is 24.2 Å². The highest BCUT2D eigenvalue weighted by Gasteiger charge is 2.12. The van der Waals surface area contributed by atoms with Gasteiger partial charge in [-0.25, -0.2) is 8.78 Å². The number of benzene rings is 1. The molecule has 0 atom stereocenters. The molecule has 0 heterocycles. The third-order valence-electron chi connectivity index (χ3n) is 2.17. The molecule has 0 radical (unpaired) electrons. The highest BCUT2D eigenvalue weighted by molar-refractivity contribution is 7.98. The van der Waals surface area contributed by atoms with Gasteiger partial charge in [0.25, 0.3) is 0 Å². The molecule has 0 fully saturated rings. The van der Waals surface area contributed by atoms with Gasteiger partial charge >= 0.3 is 5.97 Å². The Morgan fingerprint density at radius 1 is 1.44 bits per heavy atom. The summed E-state index contributed by atoms with van der Waals surface area (Å²) in [6.45, 7) is 0. The van der Waals surface area contributed by atoms with Crippen molar-refractivity contribution >= 4 is 17.7 Å². The van der Waals surface area contributed by atoms with Crippen molar-refractivity contribution in [3.63, 3.8) is 0 Å². The minimum Gasteiger partial charge on any atom is -0.481 e. The van der Waals surface area contributed by atoms with Crippen LogP contribution >= 0.6 is 11.8 Å². The zero-order valence-corrected chi connectivity index (χ0v) is 9.61. The zero-order valence-electron chi connectivity index (χ0n) is 8.80. The summed E-state index contributed by atoms with van der Waals surface area (Å²) in [6, 6.07) is 2.58. The second kappa shape index (κ2) is 5.84. The van der Waals surface area contributed by atoms with Gasteiger partial charge in [0.15, 0.2) is 0 Å². The van der Waals surface area contributed by atoms with Gasteiger partial charge in [0, 0.05) is 6.42 Å². The number of aryl methyl sites for hydroxylation is 1. The molecule has 0 amide bonds. The van der Waals surface area contributed by atoms with Crippen LogP contribution < -0.4 is 0 Å². The number of hydrogen-bond acceptors (Lipinski definition) is 2. The first-order chi connectivity index (χ1) is 7.56. The van der Waals surface area contributed by atoms with Crippen LogP contribution in [0.25, 0.3) is 0 Å². The number of carbonyl (C=O) groups is 1. The van der Waals surface area contributed by atoms with Crippen LogP contribution in [0.4, 0.5) is 8.78 Å². The van der Waals surface area contributed by atoms with Gasteiger partial charge in [-0.2, -0.15) is 0 Å². The summed E-state index contributed by atoms with van der Waals surface area (Å²) < 4.78 is 26.8. The van der Waals surface area contributed by atoms with E-state index in [1.807, 2.05) is 0 Å². The molecule has 0 aliphatic heterocycles. The Balaban J connectivity index is 2.77. The average Bonchev–Trinajstić information content (AvgIpc) is 2.22. The van der Waals surface area contributed by atoms with Gasteiger partial charge in [-0.3, -0.25) is 4.79 Å². The second-order valence-corrected chi connectivity index (χ2v) is 4.12. The van der Waals surface area contributed by atoms with Gasteiger partial charge < -0.3 is 5.11 Å². The monoisotopic (exact) mass is 246 g/mol. The molecule has 0 aliphatic rings. The third kappa shape index (κ3) is 3.20. The summed E-state index contributed by atoms with van der Waals surface area (Å²) >= 11 is 1.01. The largest absolute Gasteiger partial charge is 0.481 e. The maximum absolute atomic E-state index is 13.6. The predicted molar refractivity (Wildman–Crippen MR) is 58.7 cm³/mol. The molecule has 0 aliphatic carbocycles. The highest BCUT2D eigenvalue weighted by atomic mass is 32.2. The van der Waals surface area contributed by atoms with Crippen LogP contribution in [0.1, 0.15) is 18.4 Å². The molecule has 1 aromatic carbocycles. The van der Waals surface area contributed by atoms with Gasteiger partial charge in [-0.05, 0) is 30.7 Å². The normalized spacial score (nSPS) is 10.4.